The van der Waals surface area contributed by atoms with Crippen molar-refractivity contribution in [3.63, 3.8) is 0 Å². The van der Waals surface area contributed by atoms with Crippen molar-refractivity contribution in [2.75, 3.05) is 57.9 Å². The number of nitroso groups, excluding NO2 is 1. The first-order valence-electron chi connectivity index (χ1n) is 16.4. The highest BCUT2D eigenvalue weighted by Crippen LogP contribution is 2.25. The van der Waals surface area contributed by atoms with Gasteiger partial charge in [-0.15, -0.1) is 0 Å². The van der Waals surface area contributed by atoms with Crippen LogP contribution in [0.25, 0.3) is 0 Å². The number of ether oxygens (including phenoxy) is 2. The Balaban J connectivity index is 1.05. The number of aliphatic carboxylic acids is 1. The summed E-state index contributed by atoms with van der Waals surface area (Å²) < 4.78 is 25.7. The van der Waals surface area contributed by atoms with Gasteiger partial charge in [0.2, 0.25) is 11.9 Å². The number of benzene rings is 1. The number of rotatable bonds is 20. The van der Waals surface area contributed by atoms with Crippen LogP contribution in [0, 0.1) is 22.6 Å². The Hall–Kier alpha value is -3.75. The van der Waals surface area contributed by atoms with Gasteiger partial charge in [-0.25, -0.2) is 14.4 Å². The molecular formula is C33H47FN6O7. The smallest absolute Gasteiger partial charge is 0.305 e. The highest BCUT2D eigenvalue weighted by Gasteiger charge is 2.30. The number of hydrogen-bond donors (Lipinski definition) is 3. The average molecular weight is 659 g/mol. The van der Waals surface area contributed by atoms with Crippen molar-refractivity contribution in [2.24, 2.45) is 17.0 Å². The number of nitrogens with zero attached hydrogens (tertiary/aromatic N) is 5. The van der Waals surface area contributed by atoms with Crippen LogP contribution in [-0.2, 0) is 27.4 Å². The summed E-state index contributed by atoms with van der Waals surface area (Å²) in [6.45, 7) is 5.13. The van der Waals surface area contributed by atoms with Crippen LogP contribution in [0.2, 0.25) is 0 Å². The van der Waals surface area contributed by atoms with E-state index in [9.17, 15) is 24.0 Å². The van der Waals surface area contributed by atoms with Crippen LogP contribution >= 0.6 is 0 Å². The second kappa shape index (κ2) is 18.6. The number of carboxylic acid groups (broad SMARTS) is 1. The summed E-state index contributed by atoms with van der Waals surface area (Å²) in [7, 11) is 1.65. The number of hydrogen-bond acceptors (Lipinski definition) is 11. The molecular weight excluding hydrogens is 611 g/mol. The standard InChI is InChI=1S/C33H47FN6O7/c1-46-22-24-18-36-33(37-19-24)39-10-7-23(8-11-39)3-2-12-47-29-5-4-26(30(34)16-29)13-31(42)40-20-25(21-40)17-35-9-6-28(41)14-27(38-45)15-32(43)44/h4-5,16,18-19,23,25,27-28,35,41H,2-3,6-15,17,20-22H2,1H3,(H,43,44)/t27-,28-/m1/s1. The number of aliphatic hydroxyl groups excluding tert-OH is 1. The lowest BCUT2D eigenvalue weighted by Crippen LogP contribution is -2.53. The second-order valence-corrected chi connectivity index (χ2v) is 12.6. The monoisotopic (exact) mass is 658 g/mol. The van der Waals surface area contributed by atoms with Gasteiger partial charge in [-0.1, -0.05) is 11.2 Å². The molecule has 1 amide bonds. The molecule has 1 aromatic heterocycles. The third-order valence-corrected chi connectivity index (χ3v) is 8.79. The van der Waals surface area contributed by atoms with Gasteiger partial charge in [0.1, 0.15) is 17.6 Å². The Labute approximate surface area is 274 Å². The molecule has 14 heteroatoms. The minimum absolute atomic E-state index is 0.0104. The molecule has 2 aliphatic rings. The van der Waals surface area contributed by atoms with Crippen molar-refractivity contribution in [2.45, 2.75) is 70.1 Å². The quantitative estimate of drug-likeness (QED) is 0.141. The van der Waals surface area contributed by atoms with E-state index in [4.69, 9.17) is 14.6 Å². The number of carbonyl (C=O) groups excluding carboxylic acids is 1. The Morgan fingerprint density at radius 1 is 1.17 bits per heavy atom. The fourth-order valence-electron chi connectivity index (χ4n) is 6.05. The normalized spacial score (nSPS) is 16.8. The van der Waals surface area contributed by atoms with Crippen molar-refractivity contribution in [1.82, 2.24) is 20.2 Å². The third kappa shape index (κ3) is 11.8. The summed E-state index contributed by atoms with van der Waals surface area (Å²) in [5.74, 6) is 0.379. The van der Waals surface area contributed by atoms with Gasteiger partial charge in [-0.3, -0.25) is 9.59 Å². The number of carbonyl (C=O) groups is 2. The molecule has 0 bridgehead atoms. The van der Waals surface area contributed by atoms with Gasteiger partial charge in [0.25, 0.3) is 0 Å². The molecule has 1 aromatic carbocycles. The molecule has 2 fully saturated rings. The molecule has 0 unspecified atom stereocenters. The molecule has 2 atom stereocenters. The summed E-state index contributed by atoms with van der Waals surface area (Å²) in [5.41, 5.74) is 1.30. The largest absolute Gasteiger partial charge is 0.493 e. The van der Waals surface area contributed by atoms with Gasteiger partial charge in [0, 0.05) is 69.8 Å². The molecule has 2 saturated heterocycles. The summed E-state index contributed by atoms with van der Waals surface area (Å²) in [6.07, 6.45) is 6.82. The first-order valence-corrected chi connectivity index (χ1v) is 16.4. The van der Waals surface area contributed by atoms with E-state index in [0.29, 0.717) is 63.0 Å². The van der Waals surface area contributed by atoms with Crippen LogP contribution in [0.5, 0.6) is 5.75 Å². The maximum absolute atomic E-state index is 14.8. The zero-order valence-corrected chi connectivity index (χ0v) is 27.1. The number of methoxy groups -OCH3 is 1. The Bertz CT molecular complexity index is 1290. The van der Waals surface area contributed by atoms with Crippen molar-refractivity contribution in [3.05, 3.63) is 52.4 Å². The fourth-order valence-corrected chi connectivity index (χ4v) is 6.05. The van der Waals surface area contributed by atoms with Gasteiger partial charge < -0.3 is 34.8 Å². The molecule has 258 valence electrons. The van der Waals surface area contributed by atoms with E-state index in [1.54, 1.807) is 24.1 Å². The number of aliphatic hydroxyl groups is 1. The molecule has 47 heavy (non-hydrogen) atoms. The van der Waals surface area contributed by atoms with Crippen molar-refractivity contribution in [1.29, 1.82) is 0 Å². The second-order valence-electron chi connectivity index (χ2n) is 12.6. The number of anilines is 1. The van der Waals surface area contributed by atoms with Gasteiger partial charge in [0.05, 0.1) is 32.2 Å². The van der Waals surface area contributed by atoms with Gasteiger partial charge in [-0.05, 0) is 62.6 Å². The predicted octanol–water partition coefficient (Wildman–Crippen LogP) is 3.18. The number of nitrogens with one attached hydrogen (secondary N) is 1. The molecule has 13 nitrogen and oxygen atoms in total. The number of amides is 1. The first-order chi connectivity index (χ1) is 22.7. The SMILES string of the molecule is COCc1cnc(N2CCC(CCCOc3ccc(CC(=O)N4CC(CNCC[C@@H](O)C[C@H](CC(=O)O)N=O)C4)c(F)c3)CC2)nc1. The van der Waals surface area contributed by atoms with Crippen LogP contribution in [0.1, 0.15) is 56.1 Å². The van der Waals surface area contributed by atoms with Crippen LogP contribution in [0.4, 0.5) is 10.3 Å². The molecule has 0 aliphatic carbocycles. The predicted molar refractivity (Wildman–Crippen MR) is 173 cm³/mol. The summed E-state index contributed by atoms with van der Waals surface area (Å²) in [5, 5.41) is 24.8. The highest BCUT2D eigenvalue weighted by atomic mass is 19.1. The number of carboxylic acids is 1. The van der Waals surface area contributed by atoms with E-state index in [-0.39, 0.29) is 24.7 Å². The lowest BCUT2D eigenvalue weighted by molar-refractivity contribution is -0.138. The first kappa shape index (κ1) is 36.1. The van der Waals surface area contributed by atoms with Crippen molar-refractivity contribution < 1.29 is 33.7 Å². The summed E-state index contributed by atoms with van der Waals surface area (Å²) >= 11 is 0. The maximum Gasteiger partial charge on any atom is 0.305 e. The fraction of sp³-hybridized carbons (Fsp3) is 0.636. The van der Waals surface area contributed by atoms with Gasteiger partial charge >= 0.3 is 5.97 Å². The highest BCUT2D eigenvalue weighted by molar-refractivity contribution is 5.79. The maximum atomic E-state index is 14.8. The van der Waals surface area contributed by atoms with Crippen molar-refractivity contribution >= 4 is 17.8 Å². The zero-order chi connectivity index (χ0) is 33.6. The molecule has 2 aromatic rings. The van der Waals surface area contributed by atoms with Crippen LogP contribution in [0.15, 0.2) is 35.8 Å². The van der Waals surface area contributed by atoms with E-state index >= 15 is 0 Å². The number of piperidine rings is 1. The van der Waals surface area contributed by atoms with Gasteiger partial charge in [-0.2, -0.15) is 4.91 Å². The topological polar surface area (TPSA) is 167 Å². The minimum Gasteiger partial charge on any atom is -0.493 e. The van der Waals surface area contributed by atoms with E-state index in [2.05, 4.69) is 25.4 Å². The lowest BCUT2D eigenvalue weighted by atomic mass is 9.92. The molecule has 4 rings (SSSR count). The summed E-state index contributed by atoms with van der Waals surface area (Å²) in [6, 6.07) is 3.74. The Kier molecular flexibility index (Phi) is 14.2. The van der Waals surface area contributed by atoms with E-state index in [1.807, 2.05) is 12.4 Å². The Morgan fingerprint density at radius 3 is 2.57 bits per heavy atom. The number of likely N-dealkylation sites (tertiary alicyclic amines) is 1. The number of halogens is 1. The van der Waals surface area contributed by atoms with Crippen LogP contribution in [0.3, 0.4) is 0 Å². The average Bonchev–Trinajstić information content (AvgIpc) is 3.03. The lowest BCUT2D eigenvalue weighted by Gasteiger charge is -2.39. The third-order valence-electron chi connectivity index (χ3n) is 8.79. The molecule has 0 saturated carbocycles. The molecule has 0 spiro atoms. The molecule has 0 radical (unpaired) electrons. The van der Waals surface area contributed by atoms with E-state index in [1.165, 1.54) is 6.07 Å². The minimum atomic E-state index is -1.12. The molecule has 3 heterocycles. The number of aromatic nitrogens is 2. The van der Waals surface area contributed by atoms with Gasteiger partial charge in [0.15, 0.2) is 0 Å². The molecule has 3 N–H and O–H groups in total. The van der Waals surface area contributed by atoms with Crippen LogP contribution < -0.4 is 15.0 Å². The molecule has 2 aliphatic heterocycles. The summed E-state index contributed by atoms with van der Waals surface area (Å²) in [4.78, 5) is 47.0. The van der Waals surface area contributed by atoms with Crippen molar-refractivity contribution in [3.8, 4) is 5.75 Å². The zero-order valence-electron chi connectivity index (χ0n) is 27.1. The Morgan fingerprint density at radius 2 is 1.91 bits per heavy atom. The van der Waals surface area contributed by atoms with E-state index in [0.717, 1.165) is 50.3 Å². The van der Waals surface area contributed by atoms with Crippen LogP contribution in [-0.4, -0.2) is 102 Å². The van der Waals surface area contributed by atoms with E-state index < -0.39 is 30.4 Å².